The van der Waals surface area contributed by atoms with E-state index in [-0.39, 0.29) is 11.3 Å². The van der Waals surface area contributed by atoms with Crippen molar-refractivity contribution in [2.75, 3.05) is 18.1 Å². The molecule has 0 spiro atoms. The third kappa shape index (κ3) is 5.30. The fourth-order valence-corrected chi connectivity index (χ4v) is 2.01. The van der Waals surface area contributed by atoms with Crippen LogP contribution in [0.5, 0.6) is 0 Å². The molecule has 110 valence electrons. The summed E-state index contributed by atoms with van der Waals surface area (Å²) in [6, 6.07) is 3.79. The highest BCUT2D eigenvalue weighted by Gasteiger charge is 2.12. The van der Waals surface area contributed by atoms with E-state index in [1.165, 1.54) is 18.2 Å². The largest absolute Gasteiger partial charge is 0.478 e. The second-order valence-corrected chi connectivity index (χ2v) is 5.92. The molecule has 1 aromatic rings. The summed E-state index contributed by atoms with van der Waals surface area (Å²) < 4.78 is 0. The molecule has 2 amide bonds. The minimum Gasteiger partial charge on any atom is -0.478 e. The van der Waals surface area contributed by atoms with E-state index in [4.69, 9.17) is 16.7 Å². The Morgan fingerprint density at radius 2 is 2.15 bits per heavy atom. The van der Waals surface area contributed by atoms with E-state index in [0.717, 1.165) is 6.42 Å². The number of hydrogen-bond acceptors (Lipinski definition) is 3. The fourth-order valence-electron chi connectivity index (χ4n) is 1.48. The third-order valence-electron chi connectivity index (χ3n) is 2.70. The van der Waals surface area contributed by atoms with E-state index in [9.17, 15) is 9.59 Å². The second kappa shape index (κ2) is 8.01. The Morgan fingerprint density at radius 3 is 2.75 bits per heavy atom. The standard InChI is InChI=1S/C13H17ClN2O3S/c1-8(20-2)5-6-15-13(19)16-11-7-9(14)3-4-10(11)12(17)18/h3-4,7-8H,5-6H2,1-2H3,(H,17,18)(H2,15,16,19). The molecule has 0 aliphatic carbocycles. The van der Waals surface area contributed by atoms with Crippen molar-refractivity contribution >= 4 is 41.1 Å². The molecule has 0 bridgehead atoms. The zero-order valence-electron chi connectivity index (χ0n) is 11.3. The van der Waals surface area contributed by atoms with Crippen molar-refractivity contribution in [1.82, 2.24) is 5.32 Å². The minimum atomic E-state index is -1.12. The van der Waals surface area contributed by atoms with Gasteiger partial charge in [-0.3, -0.25) is 0 Å². The molecule has 0 aliphatic rings. The molecule has 0 saturated carbocycles. The Bertz CT molecular complexity index is 497. The van der Waals surface area contributed by atoms with Gasteiger partial charge in [0.1, 0.15) is 0 Å². The van der Waals surface area contributed by atoms with Crippen LogP contribution >= 0.6 is 23.4 Å². The number of carboxylic acid groups (broad SMARTS) is 1. The third-order valence-corrected chi connectivity index (χ3v) is 3.97. The lowest BCUT2D eigenvalue weighted by atomic mass is 10.2. The maximum Gasteiger partial charge on any atom is 0.337 e. The lowest BCUT2D eigenvalue weighted by molar-refractivity contribution is 0.0698. The normalized spacial score (nSPS) is 11.8. The predicted molar refractivity (Wildman–Crippen MR) is 83.0 cm³/mol. The van der Waals surface area contributed by atoms with Crippen LogP contribution in [0.25, 0.3) is 0 Å². The summed E-state index contributed by atoms with van der Waals surface area (Å²) in [6.07, 6.45) is 2.85. The first-order valence-electron chi connectivity index (χ1n) is 6.04. The molecular weight excluding hydrogens is 300 g/mol. The van der Waals surface area contributed by atoms with Gasteiger partial charge in [0.15, 0.2) is 0 Å². The van der Waals surface area contributed by atoms with E-state index in [0.29, 0.717) is 16.8 Å². The Morgan fingerprint density at radius 1 is 1.45 bits per heavy atom. The molecule has 0 saturated heterocycles. The summed E-state index contributed by atoms with van der Waals surface area (Å²) >= 11 is 7.52. The average molecular weight is 317 g/mol. The van der Waals surface area contributed by atoms with E-state index in [1.807, 2.05) is 6.26 Å². The maximum absolute atomic E-state index is 11.7. The zero-order chi connectivity index (χ0) is 15.1. The van der Waals surface area contributed by atoms with Crippen LogP contribution in [0, 0.1) is 0 Å². The Labute approximate surface area is 127 Å². The molecule has 0 aliphatic heterocycles. The number of urea groups is 1. The molecule has 0 fully saturated rings. The van der Waals surface area contributed by atoms with E-state index < -0.39 is 12.0 Å². The topological polar surface area (TPSA) is 78.4 Å². The van der Waals surface area contributed by atoms with E-state index in [1.54, 1.807) is 11.8 Å². The van der Waals surface area contributed by atoms with Gasteiger partial charge in [0.2, 0.25) is 0 Å². The number of nitrogens with one attached hydrogen (secondary N) is 2. The summed E-state index contributed by atoms with van der Waals surface area (Å²) in [7, 11) is 0. The molecule has 7 heteroatoms. The predicted octanol–water partition coefficient (Wildman–Crippen LogP) is 3.30. The summed E-state index contributed by atoms with van der Waals surface area (Å²) in [5.74, 6) is -1.12. The highest BCUT2D eigenvalue weighted by Crippen LogP contribution is 2.21. The van der Waals surface area contributed by atoms with Gasteiger partial charge in [-0.15, -0.1) is 0 Å². The van der Waals surface area contributed by atoms with Crippen molar-refractivity contribution < 1.29 is 14.7 Å². The summed E-state index contributed by atoms with van der Waals surface area (Å²) in [4.78, 5) is 22.7. The molecule has 20 heavy (non-hydrogen) atoms. The van der Waals surface area contributed by atoms with E-state index in [2.05, 4.69) is 17.6 Å². The number of benzene rings is 1. The number of carbonyl (C=O) groups is 2. The van der Waals surface area contributed by atoms with Gasteiger partial charge in [-0.1, -0.05) is 18.5 Å². The van der Waals surface area contributed by atoms with Gasteiger partial charge in [-0.25, -0.2) is 9.59 Å². The average Bonchev–Trinajstić information content (AvgIpc) is 2.38. The van der Waals surface area contributed by atoms with E-state index >= 15 is 0 Å². The monoisotopic (exact) mass is 316 g/mol. The van der Waals surface area contributed by atoms with Crippen molar-refractivity contribution in [3.05, 3.63) is 28.8 Å². The van der Waals surface area contributed by atoms with Crippen molar-refractivity contribution in [1.29, 1.82) is 0 Å². The van der Waals surface area contributed by atoms with Crippen molar-refractivity contribution in [3.63, 3.8) is 0 Å². The molecule has 1 atom stereocenters. The van der Waals surface area contributed by atoms with Crippen LogP contribution in [0.3, 0.4) is 0 Å². The fraction of sp³-hybridized carbons (Fsp3) is 0.385. The van der Waals surface area contributed by atoms with Gasteiger partial charge in [0.05, 0.1) is 11.3 Å². The summed E-state index contributed by atoms with van der Waals surface area (Å²) in [5.41, 5.74) is 0.183. The number of carboxylic acids is 1. The van der Waals surface area contributed by atoms with Crippen LogP contribution < -0.4 is 10.6 Å². The van der Waals surface area contributed by atoms with Crippen LogP contribution in [-0.2, 0) is 0 Å². The number of rotatable bonds is 6. The number of halogens is 1. The van der Waals surface area contributed by atoms with Crippen LogP contribution in [0.1, 0.15) is 23.7 Å². The molecule has 0 radical (unpaired) electrons. The molecular formula is C13H17ClN2O3S. The number of amides is 2. The minimum absolute atomic E-state index is 0.00188. The molecule has 3 N–H and O–H groups in total. The van der Waals surface area contributed by atoms with Gasteiger partial charge >= 0.3 is 12.0 Å². The van der Waals surface area contributed by atoms with Gasteiger partial charge in [0.25, 0.3) is 0 Å². The van der Waals surface area contributed by atoms with Crippen LogP contribution in [0.15, 0.2) is 18.2 Å². The van der Waals surface area contributed by atoms with Crippen LogP contribution in [0.4, 0.5) is 10.5 Å². The first-order chi connectivity index (χ1) is 9.43. The van der Waals surface area contributed by atoms with Gasteiger partial charge in [0, 0.05) is 16.8 Å². The molecule has 5 nitrogen and oxygen atoms in total. The molecule has 1 aromatic carbocycles. The zero-order valence-corrected chi connectivity index (χ0v) is 12.8. The Balaban J connectivity index is 2.61. The van der Waals surface area contributed by atoms with Gasteiger partial charge < -0.3 is 15.7 Å². The van der Waals surface area contributed by atoms with Crippen molar-refractivity contribution in [2.24, 2.45) is 0 Å². The lowest BCUT2D eigenvalue weighted by Crippen LogP contribution is -2.31. The van der Waals surface area contributed by atoms with Crippen LogP contribution in [-0.4, -0.2) is 35.2 Å². The van der Waals surface area contributed by atoms with Crippen molar-refractivity contribution in [3.8, 4) is 0 Å². The van der Waals surface area contributed by atoms with Crippen LogP contribution in [0.2, 0.25) is 5.02 Å². The van der Waals surface area contributed by atoms with Crippen molar-refractivity contribution in [2.45, 2.75) is 18.6 Å². The van der Waals surface area contributed by atoms with Gasteiger partial charge in [-0.2, -0.15) is 11.8 Å². The molecule has 1 unspecified atom stereocenters. The lowest BCUT2D eigenvalue weighted by Gasteiger charge is -2.12. The SMILES string of the molecule is CSC(C)CCNC(=O)Nc1cc(Cl)ccc1C(=O)O. The van der Waals surface area contributed by atoms with Gasteiger partial charge in [-0.05, 0) is 30.9 Å². The molecule has 0 aromatic heterocycles. The summed E-state index contributed by atoms with van der Waals surface area (Å²) in [5, 5.41) is 15.0. The number of anilines is 1. The maximum atomic E-state index is 11.7. The summed E-state index contributed by atoms with van der Waals surface area (Å²) in [6.45, 7) is 2.60. The first kappa shape index (κ1) is 16.7. The highest BCUT2D eigenvalue weighted by atomic mass is 35.5. The number of carbonyl (C=O) groups excluding carboxylic acids is 1. The highest BCUT2D eigenvalue weighted by molar-refractivity contribution is 7.99. The molecule has 0 heterocycles. The number of thioether (sulfide) groups is 1. The number of aromatic carboxylic acids is 1. The smallest absolute Gasteiger partial charge is 0.337 e. The first-order valence-corrected chi connectivity index (χ1v) is 7.71. The Kier molecular flexibility index (Phi) is 6.67. The molecule has 1 rings (SSSR count). The quantitative estimate of drug-likeness (QED) is 0.752. The second-order valence-electron chi connectivity index (χ2n) is 4.21. The number of hydrogen-bond donors (Lipinski definition) is 3. The Hall–Kier alpha value is -1.40.